The van der Waals surface area contributed by atoms with Crippen LogP contribution in [0.3, 0.4) is 0 Å². The highest BCUT2D eigenvalue weighted by Crippen LogP contribution is 2.23. The van der Waals surface area contributed by atoms with Crippen molar-refractivity contribution < 1.29 is 12.8 Å². The summed E-state index contributed by atoms with van der Waals surface area (Å²) < 4.78 is 39.7. The smallest absolute Gasteiger partial charge is 0.263 e. The second-order valence-corrected chi connectivity index (χ2v) is 5.49. The Hall–Kier alpha value is -2.22. The quantitative estimate of drug-likeness (QED) is 0.827. The van der Waals surface area contributed by atoms with Crippen molar-refractivity contribution in [2.75, 3.05) is 10.5 Å². The van der Waals surface area contributed by atoms with Crippen molar-refractivity contribution in [1.29, 1.82) is 0 Å². The lowest BCUT2D eigenvalue weighted by molar-refractivity contribution is 0.599. The number of sulfonamides is 1. The molecular weight excluding hydrogens is 271 g/mol. The Balaban J connectivity index is 2.43. The van der Waals surface area contributed by atoms with Crippen LogP contribution in [0.1, 0.15) is 5.56 Å². The molecule has 19 heavy (non-hydrogen) atoms. The van der Waals surface area contributed by atoms with E-state index in [0.29, 0.717) is 0 Å². The zero-order valence-corrected chi connectivity index (χ0v) is 10.8. The minimum Gasteiger partial charge on any atom is -0.396 e. The summed E-state index contributed by atoms with van der Waals surface area (Å²) in [4.78, 5) is 7.44. The van der Waals surface area contributed by atoms with Gasteiger partial charge in [-0.3, -0.25) is 9.71 Å². The Morgan fingerprint density at radius 2 is 2.05 bits per heavy atom. The number of anilines is 2. The molecule has 0 amide bonds. The van der Waals surface area contributed by atoms with Crippen LogP contribution >= 0.6 is 0 Å². The number of hydrogen-bond acceptors (Lipinski definition) is 5. The summed E-state index contributed by atoms with van der Waals surface area (Å²) in [5, 5.41) is 0. The first-order chi connectivity index (χ1) is 8.90. The molecule has 2 aromatic rings. The Labute approximate surface area is 109 Å². The van der Waals surface area contributed by atoms with Crippen molar-refractivity contribution in [2.24, 2.45) is 0 Å². The Morgan fingerprint density at radius 3 is 2.68 bits per heavy atom. The maximum atomic E-state index is 13.2. The van der Waals surface area contributed by atoms with Gasteiger partial charge in [0, 0.05) is 12.4 Å². The summed E-state index contributed by atoms with van der Waals surface area (Å²) in [7, 11) is -3.88. The molecule has 0 bridgehead atoms. The monoisotopic (exact) mass is 282 g/mol. The van der Waals surface area contributed by atoms with E-state index >= 15 is 0 Å². The molecule has 1 aromatic heterocycles. The molecule has 0 unspecified atom stereocenters. The average Bonchev–Trinajstić information content (AvgIpc) is 2.34. The van der Waals surface area contributed by atoms with Crippen LogP contribution in [-0.4, -0.2) is 18.4 Å². The van der Waals surface area contributed by atoms with Crippen molar-refractivity contribution in [3.63, 3.8) is 0 Å². The third-order valence-corrected chi connectivity index (χ3v) is 3.88. The van der Waals surface area contributed by atoms with E-state index in [1.54, 1.807) is 0 Å². The predicted octanol–water partition coefficient (Wildman–Crippen LogP) is 1.31. The Bertz CT molecular complexity index is 704. The van der Waals surface area contributed by atoms with E-state index in [0.717, 1.165) is 12.1 Å². The third-order valence-electron chi connectivity index (χ3n) is 2.39. The molecule has 8 heteroatoms. The largest absolute Gasteiger partial charge is 0.396 e. The number of nitrogens with one attached hydrogen (secondary N) is 1. The minimum absolute atomic E-state index is 0.0739. The van der Waals surface area contributed by atoms with E-state index < -0.39 is 15.8 Å². The molecule has 2 rings (SSSR count). The van der Waals surface area contributed by atoms with Gasteiger partial charge in [0.25, 0.3) is 10.0 Å². The zero-order chi connectivity index (χ0) is 14.0. The first kappa shape index (κ1) is 13.2. The first-order valence-corrected chi connectivity index (χ1v) is 6.73. The summed E-state index contributed by atoms with van der Waals surface area (Å²) in [6.45, 7) is 1.48. The number of hydrogen-bond donors (Lipinski definition) is 2. The second-order valence-electron chi connectivity index (χ2n) is 3.84. The molecule has 0 atom stereocenters. The predicted molar refractivity (Wildman–Crippen MR) is 68.4 cm³/mol. The van der Waals surface area contributed by atoms with Gasteiger partial charge in [-0.25, -0.2) is 17.8 Å². The van der Waals surface area contributed by atoms with Crippen LogP contribution < -0.4 is 10.5 Å². The van der Waals surface area contributed by atoms with E-state index in [1.165, 1.54) is 25.5 Å². The van der Waals surface area contributed by atoms with Gasteiger partial charge in [0.2, 0.25) is 0 Å². The summed E-state index contributed by atoms with van der Waals surface area (Å²) in [6.07, 6.45) is 4.03. The fourth-order valence-electron chi connectivity index (χ4n) is 1.50. The number of aromatic nitrogens is 2. The maximum absolute atomic E-state index is 13.2. The second kappa shape index (κ2) is 4.81. The Kier molecular flexibility index (Phi) is 3.34. The number of benzene rings is 1. The number of halogens is 1. The molecule has 6 nitrogen and oxygen atoms in total. The van der Waals surface area contributed by atoms with Crippen molar-refractivity contribution >= 4 is 21.5 Å². The number of aryl methyl sites for hydroxylation is 1. The highest BCUT2D eigenvalue weighted by atomic mass is 32.2. The SMILES string of the molecule is Cc1cc(F)c(N)cc1S(=O)(=O)Nc1cnccn1. The van der Waals surface area contributed by atoms with Crippen molar-refractivity contribution in [3.8, 4) is 0 Å². The topological polar surface area (TPSA) is 98.0 Å². The van der Waals surface area contributed by atoms with Gasteiger partial charge in [0.1, 0.15) is 5.82 Å². The molecular formula is C11H11FN4O2S. The zero-order valence-electron chi connectivity index (χ0n) is 9.96. The standard InChI is InChI=1S/C11H11FN4O2S/c1-7-4-8(12)9(13)5-10(7)19(17,18)16-11-6-14-2-3-15-11/h2-6H,13H2,1H3,(H,15,16). The normalized spacial score (nSPS) is 11.3. The van der Waals surface area contributed by atoms with E-state index in [9.17, 15) is 12.8 Å². The fraction of sp³-hybridized carbons (Fsp3) is 0.0909. The Morgan fingerprint density at radius 1 is 1.32 bits per heavy atom. The molecule has 0 aliphatic rings. The van der Waals surface area contributed by atoms with Crippen LogP contribution in [0.4, 0.5) is 15.9 Å². The van der Waals surface area contributed by atoms with Crippen LogP contribution in [0, 0.1) is 12.7 Å². The van der Waals surface area contributed by atoms with E-state index in [2.05, 4.69) is 14.7 Å². The molecule has 100 valence electrons. The van der Waals surface area contributed by atoms with E-state index in [1.807, 2.05) is 0 Å². The van der Waals surface area contributed by atoms with Gasteiger partial charge in [0.15, 0.2) is 5.82 Å². The lowest BCUT2D eigenvalue weighted by atomic mass is 10.2. The van der Waals surface area contributed by atoms with E-state index in [4.69, 9.17) is 5.73 Å². The van der Waals surface area contributed by atoms with Crippen molar-refractivity contribution in [1.82, 2.24) is 9.97 Å². The van der Waals surface area contributed by atoms with Gasteiger partial charge < -0.3 is 5.73 Å². The lowest BCUT2D eigenvalue weighted by Crippen LogP contribution is -2.16. The van der Waals surface area contributed by atoms with Crippen LogP contribution in [-0.2, 0) is 10.0 Å². The minimum atomic E-state index is -3.88. The van der Waals surface area contributed by atoms with Gasteiger partial charge in [-0.1, -0.05) is 0 Å². The van der Waals surface area contributed by atoms with Gasteiger partial charge in [-0.15, -0.1) is 0 Å². The molecule has 1 heterocycles. The van der Waals surface area contributed by atoms with Gasteiger partial charge in [-0.2, -0.15) is 0 Å². The molecule has 0 spiro atoms. The number of nitrogens with two attached hydrogens (primary N) is 1. The molecule has 0 aliphatic heterocycles. The van der Waals surface area contributed by atoms with Crippen molar-refractivity contribution in [3.05, 3.63) is 42.1 Å². The highest BCUT2D eigenvalue weighted by Gasteiger charge is 2.19. The number of rotatable bonds is 3. The summed E-state index contributed by atoms with van der Waals surface area (Å²) >= 11 is 0. The molecule has 0 aliphatic carbocycles. The van der Waals surface area contributed by atoms with Crippen LogP contribution in [0.5, 0.6) is 0 Å². The third kappa shape index (κ3) is 2.79. The summed E-state index contributed by atoms with van der Waals surface area (Å²) in [6, 6.07) is 2.14. The fourth-order valence-corrected chi connectivity index (χ4v) is 2.76. The molecule has 0 saturated carbocycles. The first-order valence-electron chi connectivity index (χ1n) is 5.24. The van der Waals surface area contributed by atoms with Gasteiger partial charge >= 0.3 is 0 Å². The summed E-state index contributed by atoms with van der Waals surface area (Å²) in [5.74, 6) is -0.583. The maximum Gasteiger partial charge on any atom is 0.263 e. The lowest BCUT2D eigenvalue weighted by Gasteiger charge is -2.10. The molecule has 0 radical (unpaired) electrons. The number of nitrogens with zero attached hydrogens (tertiary/aromatic N) is 2. The van der Waals surface area contributed by atoms with Crippen molar-refractivity contribution in [2.45, 2.75) is 11.8 Å². The highest BCUT2D eigenvalue weighted by molar-refractivity contribution is 7.92. The summed E-state index contributed by atoms with van der Waals surface area (Å²) in [5.41, 5.74) is 5.41. The van der Waals surface area contributed by atoms with Gasteiger partial charge in [-0.05, 0) is 24.6 Å². The average molecular weight is 282 g/mol. The molecule has 1 aromatic carbocycles. The number of nitrogen functional groups attached to an aromatic ring is 1. The van der Waals surface area contributed by atoms with Crippen LogP contribution in [0.2, 0.25) is 0 Å². The molecule has 0 saturated heterocycles. The van der Waals surface area contributed by atoms with E-state index in [-0.39, 0.29) is 22.0 Å². The van der Waals surface area contributed by atoms with Crippen LogP contribution in [0.15, 0.2) is 35.6 Å². The molecule has 0 fully saturated rings. The molecule has 3 N–H and O–H groups in total. The van der Waals surface area contributed by atoms with Gasteiger partial charge in [0.05, 0.1) is 16.8 Å². The van der Waals surface area contributed by atoms with Crippen LogP contribution in [0.25, 0.3) is 0 Å².